The molecule has 0 spiro atoms. The van der Waals surface area contributed by atoms with Crippen molar-refractivity contribution in [3.05, 3.63) is 0 Å². The van der Waals surface area contributed by atoms with Gasteiger partial charge in [0.2, 0.25) is 5.91 Å². The standard InChI is InChI=1S/C11H21N3O.ClH/c12-11(15)10-2-1-7-14(10)8-9-3-5-13-6-4-9;/h9-10,13H,1-8H2,(H2,12,15);1H. The number of piperidine rings is 1. The summed E-state index contributed by atoms with van der Waals surface area (Å²) in [4.78, 5) is 13.5. The van der Waals surface area contributed by atoms with Crippen molar-refractivity contribution in [2.45, 2.75) is 31.7 Å². The number of halogens is 1. The van der Waals surface area contributed by atoms with Gasteiger partial charge in [0.15, 0.2) is 0 Å². The molecule has 4 nitrogen and oxygen atoms in total. The van der Waals surface area contributed by atoms with Gasteiger partial charge in [0, 0.05) is 6.54 Å². The monoisotopic (exact) mass is 247 g/mol. The van der Waals surface area contributed by atoms with Crippen LogP contribution < -0.4 is 11.1 Å². The number of nitrogens with two attached hydrogens (primary N) is 1. The van der Waals surface area contributed by atoms with Crippen molar-refractivity contribution >= 4 is 18.3 Å². The van der Waals surface area contributed by atoms with Gasteiger partial charge >= 0.3 is 0 Å². The number of amides is 1. The van der Waals surface area contributed by atoms with Crippen molar-refractivity contribution in [3.63, 3.8) is 0 Å². The van der Waals surface area contributed by atoms with E-state index >= 15 is 0 Å². The second-order valence-corrected chi connectivity index (χ2v) is 4.75. The summed E-state index contributed by atoms with van der Waals surface area (Å²) in [5, 5.41) is 3.36. The van der Waals surface area contributed by atoms with Crippen LogP contribution in [0.4, 0.5) is 0 Å². The minimum atomic E-state index is -0.138. The maximum absolute atomic E-state index is 11.2. The van der Waals surface area contributed by atoms with E-state index in [0.29, 0.717) is 0 Å². The molecular weight excluding hydrogens is 226 g/mol. The van der Waals surface area contributed by atoms with Gasteiger partial charge in [-0.15, -0.1) is 12.4 Å². The highest BCUT2D eigenvalue weighted by atomic mass is 35.5. The number of carbonyl (C=O) groups excluding carboxylic acids is 1. The minimum Gasteiger partial charge on any atom is -0.368 e. The Bertz CT molecular complexity index is 231. The van der Waals surface area contributed by atoms with Crippen molar-refractivity contribution in [1.29, 1.82) is 0 Å². The minimum absolute atomic E-state index is 0. The Kier molecular flexibility index (Phi) is 5.52. The largest absolute Gasteiger partial charge is 0.368 e. The SMILES string of the molecule is Cl.NC(=O)C1CCCN1CC1CCNCC1. The number of hydrogen-bond acceptors (Lipinski definition) is 3. The molecule has 0 aromatic carbocycles. The zero-order valence-corrected chi connectivity index (χ0v) is 10.5. The number of carbonyl (C=O) groups is 1. The molecule has 2 aliphatic rings. The van der Waals surface area contributed by atoms with E-state index in [2.05, 4.69) is 10.2 Å². The first-order valence-corrected chi connectivity index (χ1v) is 6.01. The smallest absolute Gasteiger partial charge is 0.234 e. The molecule has 1 unspecified atom stereocenters. The van der Waals surface area contributed by atoms with Crippen LogP contribution in [0, 0.1) is 5.92 Å². The Balaban J connectivity index is 0.00000128. The maximum Gasteiger partial charge on any atom is 0.234 e. The Morgan fingerprint density at radius 3 is 2.62 bits per heavy atom. The second kappa shape index (κ2) is 6.42. The first kappa shape index (κ1) is 13.7. The molecular formula is C11H22ClN3O. The Morgan fingerprint density at radius 1 is 1.31 bits per heavy atom. The van der Waals surface area contributed by atoms with Gasteiger partial charge < -0.3 is 11.1 Å². The van der Waals surface area contributed by atoms with Crippen molar-refractivity contribution in [3.8, 4) is 0 Å². The van der Waals surface area contributed by atoms with Gasteiger partial charge in [0.05, 0.1) is 6.04 Å². The normalized spacial score (nSPS) is 27.6. The number of nitrogens with zero attached hydrogens (tertiary/aromatic N) is 1. The van der Waals surface area contributed by atoms with Crippen LogP contribution in [0.2, 0.25) is 0 Å². The van der Waals surface area contributed by atoms with E-state index in [0.717, 1.165) is 44.9 Å². The molecule has 0 aromatic heterocycles. The fourth-order valence-corrected chi connectivity index (χ4v) is 2.76. The van der Waals surface area contributed by atoms with Gasteiger partial charge in [0.1, 0.15) is 0 Å². The molecule has 0 bridgehead atoms. The fraction of sp³-hybridized carbons (Fsp3) is 0.909. The lowest BCUT2D eigenvalue weighted by Gasteiger charge is -2.29. The summed E-state index contributed by atoms with van der Waals surface area (Å²) in [6.07, 6.45) is 4.56. The summed E-state index contributed by atoms with van der Waals surface area (Å²) < 4.78 is 0. The average Bonchev–Trinajstić information content (AvgIpc) is 2.67. The molecule has 3 N–H and O–H groups in total. The molecule has 94 valence electrons. The molecule has 1 amide bonds. The van der Waals surface area contributed by atoms with E-state index in [1.165, 1.54) is 12.8 Å². The summed E-state index contributed by atoms with van der Waals surface area (Å²) in [7, 11) is 0. The lowest BCUT2D eigenvalue weighted by atomic mass is 9.97. The molecule has 2 aliphatic heterocycles. The molecule has 0 radical (unpaired) electrons. The highest BCUT2D eigenvalue weighted by molar-refractivity contribution is 5.85. The Labute approximate surface area is 103 Å². The van der Waals surface area contributed by atoms with E-state index in [-0.39, 0.29) is 24.4 Å². The van der Waals surface area contributed by atoms with E-state index in [1.54, 1.807) is 0 Å². The lowest BCUT2D eigenvalue weighted by molar-refractivity contribution is -0.122. The van der Waals surface area contributed by atoms with Crippen LogP contribution in [0.25, 0.3) is 0 Å². The molecule has 0 saturated carbocycles. The summed E-state index contributed by atoms with van der Waals surface area (Å²) >= 11 is 0. The molecule has 2 heterocycles. The molecule has 2 rings (SSSR count). The van der Waals surface area contributed by atoms with Crippen molar-refractivity contribution in [2.75, 3.05) is 26.2 Å². The van der Waals surface area contributed by atoms with Crippen LogP contribution in [-0.4, -0.2) is 43.0 Å². The average molecular weight is 248 g/mol. The van der Waals surface area contributed by atoms with Gasteiger partial charge in [-0.25, -0.2) is 0 Å². The lowest BCUT2D eigenvalue weighted by Crippen LogP contribution is -2.44. The Morgan fingerprint density at radius 2 is 2.00 bits per heavy atom. The number of rotatable bonds is 3. The van der Waals surface area contributed by atoms with Crippen LogP contribution in [0.5, 0.6) is 0 Å². The molecule has 2 fully saturated rings. The fourth-order valence-electron chi connectivity index (χ4n) is 2.76. The maximum atomic E-state index is 11.2. The van der Waals surface area contributed by atoms with E-state index in [4.69, 9.17) is 5.73 Å². The van der Waals surface area contributed by atoms with Crippen LogP contribution in [0.1, 0.15) is 25.7 Å². The van der Waals surface area contributed by atoms with E-state index in [1.807, 2.05) is 0 Å². The number of hydrogen-bond donors (Lipinski definition) is 2. The van der Waals surface area contributed by atoms with Gasteiger partial charge in [-0.05, 0) is 51.2 Å². The predicted molar refractivity (Wildman–Crippen MR) is 66.6 cm³/mol. The highest BCUT2D eigenvalue weighted by Crippen LogP contribution is 2.21. The number of nitrogens with one attached hydrogen (secondary N) is 1. The van der Waals surface area contributed by atoms with Gasteiger partial charge in [-0.3, -0.25) is 9.69 Å². The van der Waals surface area contributed by atoms with Gasteiger partial charge in [0.25, 0.3) is 0 Å². The molecule has 0 aliphatic carbocycles. The summed E-state index contributed by atoms with van der Waals surface area (Å²) in [5.41, 5.74) is 5.40. The zero-order valence-electron chi connectivity index (χ0n) is 9.65. The quantitative estimate of drug-likeness (QED) is 0.757. The second-order valence-electron chi connectivity index (χ2n) is 4.75. The van der Waals surface area contributed by atoms with Crippen LogP contribution in [0.15, 0.2) is 0 Å². The number of primary amides is 1. The van der Waals surface area contributed by atoms with Gasteiger partial charge in [-0.2, -0.15) is 0 Å². The summed E-state index contributed by atoms with van der Waals surface area (Å²) in [6, 6.07) is 0.0138. The third-order valence-corrected chi connectivity index (χ3v) is 3.64. The third-order valence-electron chi connectivity index (χ3n) is 3.64. The molecule has 0 aromatic rings. The first-order chi connectivity index (χ1) is 7.27. The van der Waals surface area contributed by atoms with Crippen LogP contribution >= 0.6 is 12.4 Å². The zero-order chi connectivity index (χ0) is 10.7. The van der Waals surface area contributed by atoms with Crippen molar-refractivity contribution in [2.24, 2.45) is 11.7 Å². The van der Waals surface area contributed by atoms with E-state index < -0.39 is 0 Å². The third kappa shape index (κ3) is 3.34. The first-order valence-electron chi connectivity index (χ1n) is 6.01. The van der Waals surface area contributed by atoms with Crippen LogP contribution in [0.3, 0.4) is 0 Å². The van der Waals surface area contributed by atoms with Crippen LogP contribution in [-0.2, 0) is 4.79 Å². The van der Waals surface area contributed by atoms with Crippen molar-refractivity contribution in [1.82, 2.24) is 10.2 Å². The molecule has 1 atom stereocenters. The van der Waals surface area contributed by atoms with E-state index in [9.17, 15) is 4.79 Å². The highest BCUT2D eigenvalue weighted by Gasteiger charge is 2.30. The molecule has 5 heteroatoms. The predicted octanol–water partition coefficient (Wildman–Crippen LogP) is 0.357. The molecule has 16 heavy (non-hydrogen) atoms. The molecule has 2 saturated heterocycles. The summed E-state index contributed by atoms with van der Waals surface area (Å²) in [5.74, 6) is 0.618. The van der Waals surface area contributed by atoms with Crippen molar-refractivity contribution < 1.29 is 4.79 Å². The number of likely N-dealkylation sites (tertiary alicyclic amines) is 1. The topological polar surface area (TPSA) is 58.4 Å². The Hall–Kier alpha value is -0.320. The van der Waals surface area contributed by atoms with Gasteiger partial charge in [-0.1, -0.05) is 0 Å². The summed E-state index contributed by atoms with van der Waals surface area (Å²) in [6.45, 7) is 4.37.